The van der Waals surface area contributed by atoms with Crippen molar-refractivity contribution >= 4 is 11.6 Å². The van der Waals surface area contributed by atoms with E-state index < -0.39 is 0 Å². The quantitative estimate of drug-likeness (QED) is 0.672. The Kier molecular flexibility index (Phi) is 7.56. The summed E-state index contributed by atoms with van der Waals surface area (Å²) in [6.45, 7) is 5.13. The molecule has 0 aromatic heterocycles. The van der Waals surface area contributed by atoms with Crippen LogP contribution in [0.4, 0.5) is 0 Å². The van der Waals surface area contributed by atoms with Gasteiger partial charge in [-0.1, -0.05) is 18.5 Å². The summed E-state index contributed by atoms with van der Waals surface area (Å²) in [5.74, 6) is 0. The molecule has 0 amide bonds. The summed E-state index contributed by atoms with van der Waals surface area (Å²) in [5, 5.41) is 12.0. The van der Waals surface area contributed by atoms with E-state index in [1.807, 2.05) is 6.92 Å². The molecular weight excluding hydrogens is 174 g/mol. The van der Waals surface area contributed by atoms with Crippen LogP contribution in [0.3, 0.4) is 0 Å². The van der Waals surface area contributed by atoms with Crippen LogP contribution in [-0.4, -0.2) is 24.3 Å². The molecule has 0 aliphatic rings. The van der Waals surface area contributed by atoms with Crippen LogP contribution in [0.1, 0.15) is 26.7 Å². The van der Waals surface area contributed by atoms with Crippen LogP contribution in [0.15, 0.2) is 11.1 Å². The van der Waals surface area contributed by atoms with Crippen LogP contribution in [0, 0.1) is 0 Å². The van der Waals surface area contributed by atoms with Gasteiger partial charge in [-0.05, 0) is 25.3 Å². The van der Waals surface area contributed by atoms with Gasteiger partial charge in [0.2, 0.25) is 0 Å². The van der Waals surface area contributed by atoms with Crippen molar-refractivity contribution in [1.82, 2.24) is 5.32 Å². The Labute approximate surface area is 79.6 Å². The summed E-state index contributed by atoms with van der Waals surface area (Å²) >= 11 is 5.50. The van der Waals surface area contributed by atoms with Crippen LogP contribution in [-0.2, 0) is 0 Å². The molecule has 72 valence electrons. The number of halogens is 1. The molecule has 0 bridgehead atoms. The molecule has 1 atom stereocenters. The highest BCUT2D eigenvalue weighted by atomic mass is 35.5. The Bertz CT molecular complexity index is 136. The second-order valence-corrected chi connectivity index (χ2v) is 3.17. The molecule has 0 radical (unpaired) electrons. The van der Waals surface area contributed by atoms with Crippen LogP contribution >= 0.6 is 11.6 Å². The zero-order chi connectivity index (χ0) is 9.40. The number of hydrogen-bond donors (Lipinski definition) is 2. The van der Waals surface area contributed by atoms with E-state index in [0.717, 1.165) is 25.0 Å². The predicted octanol–water partition coefficient (Wildman–Crippen LogP) is 1.88. The monoisotopic (exact) mass is 191 g/mol. The van der Waals surface area contributed by atoms with Crippen molar-refractivity contribution in [3.8, 4) is 0 Å². The van der Waals surface area contributed by atoms with E-state index in [1.54, 1.807) is 5.54 Å². The van der Waals surface area contributed by atoms with Crippen LogP contribution in [0.5, 0.6) is 0 Å². The normalized spacial score (nSPS) is 14.8. The van der Waals surface area contributed by atoms with Crippen molar-refractivity contribution in [3.05, 3.63) is 11.1 Å². The lowest BCUT2D eigenvalue weighted by atomic mass is 10.1. The molecule has 12 heavy (non-hydrogen) atoms. The first-order valence-corrected chi connectivity index (χ1v) is 4.78. The number of aliphatic hydroxyl groups excluding tert-OH is 1. The van der Waals surface area contributed by atoms with Gasteiger partial charge >= 0.3 is 0 Å². The summed E-state index contributed by atoms with van der Waals surface area (Å²) in [7, 11) is 0. The Hall–Kier alpha value is -0.0500. The fraction of sp³-hybridized carbons (Fsp3) is 0.778. The van der Waals surface area contributed by atoms with E-state index in [2.05, 4.69) is 12.2 Å². The highest BCUT2D eigenvalue weighted by molar-refractivity contribution is 6.25. The van der Waals surface area contributed by atoms with Gasteiger partial charge in [-0.25, -0.2) is 0 Å². The van der Waals surface area contributed by atoms with E-state index >= 15 is 0 Å². The topological polar surface area (TPSA) is 32.3 Å². The third-order valence-electron chi connectivity index (χ3n) is 1.83. The van der Waals surface area contributed by atoms with Crippen LogP contribution in [0.2, 0.25) is 0 Å². The van der Waals surface area contributed by atoms with Crippen molar-refractivity contribution in [1.29, 1.82) is 0 Å². The first-order chi connectivity index (χ1) is 5.74. The summed E-state index contributed by atoms with van der Waals surface area (Å²) in [6, 6.07) is 0.404. The number of nitrogens with one attached hydrogen (secondary N) is 1. The Morgan fingerprint density at radius 3 is 2.75 bits per heavy atom. The lowest BCUT2D eigenvalue weighted by Gasteiger charge is -2.15. The SMILES string of the molecule is CCC(CCO)NCC(C)=CCl. The largest absolute Gasteiger partial charge is 0.396 e. The molecule has 0 saturated heterocycles. The molecule has 0 aromatic rings. The molecule has 0 rings (SSSR count). The van der Waals surface area contributed by atoms with Crippen LogP contribution in [0.25, 0.3) is 0 Å². The molecule has 0 aromatic carbocycles. The third kappa shape index (κ3) is 5.58. The molecule has 2 nitrogen and oxygen atoms in total. The molecule has 0 heterocycles. The number of hydrogen-bond acceptors (Lipinski definition) is 2. The minimum Gasteiger partial charge on any atom is -0.396 e. The minimum absolute atomic E-state index is 0.245. The zero-order valence-corrected chi connectivity index (χ0v) is 8.56. The molecule has 0 spiro atoms. The van der Waals surface area contributed by atoms with Crippen molar-refractivity contribution in [2.24, 2.45) is 0 Å². The molecular formula is C9H18ClNO. The van der Waals surface area contributed by atoms with Gasteiger partial charge in [0.05, 0.1) is 0 Å². The Balaban J connectivity index is 3.57. The third-order valence-corrected chi connectivity index (χ3v) is 2.20. The Morgan fingerprint density at radius 1 is 1.67 bits per heavy atom. The van der Waals surface area contributed by atoms with Gasteiger partial charge in [0.15, 0.2) is 0 Å². The van der Waals surface area contributed by atoms with Gasteiger partial charge in [0.1, 0.15) is 0 Å². The van der Waals surface area contributed by atoms with Gasteiger partial charge in [0, 0.05) is 24.7 Å². The minimum atomic E-state index is 0.245. The average molecular weight is 192 g/mol. The van der Waals surface area contributed by atoms with Gasteiger partial charge in [-0.15, -0.1) is 0 Å². The summed E-state index contributed by atoms with van der Waals surface area (Å²) in [5.41, 5.74) is 2.70. The van der Waals surface area contributed by atoms with E-state index in [1.165, 1.54) is 0 Å². The molecule has 3 heteroatoms. The lowest BCUT2D eigenvalue weighted by Crippen LogP contribution is -2.30. The molecule has 1 unspecified atom stereocenters. The Morgan fingerprint density at radius 2 is 2.33 bits per heavy atom. The van der Waals surface area contributed by atoms with Crippen molar-refractivity contribution in [2.75, 3.05) is 13.2 Å². The van der Waals surface area contributed by atoms with Crippen molar-refractivity contribution in [3.63, 3.8) is 0 Å². The van der Waals surface area contributed by atoms with Gasteiger partial charge in [-0.2, -0.15) is 0 Å². The second kappa shape index (κ2) is 7.59. The first-order valence-electron chi connectivity index (χ1n) is 4.34. The standard InChI is InChI=1S/C9H18ClNO/c1-3-9(4-5-12)11-7-8(2)6-10/h6,9,11-12H,3-5,7H2,1-2H3. The van der Waals surface area contributed by atoms with Gasteiger partial charge in [-0.3, -0.25) is 0 Å². The van der Waals surface area contributed by atoms with E-state index in [9.17, 15) is 0 Å². The van der Waals surface area contributed by atoms with Gasteiger partial charge < -0.3 is 10.4 Å². The maximum Gasteiger partial charge on any atom is 0.0445 e. The summed E-state index contributed by atoms with van der Waals surface area (Å²) in [6.07, 6.45) is 1.85. The molecule has 2 N–H and O–H groups in total. The van der Waals surface area contributed by atoms with Gasteiger partial charge in [0.25, 0.3) is 0 Å². The molecule has 0 fully saturated rings. The maximum absolute atomic E-state index is 8.71. The predicted molar refractivity (Wildman–Crippen MR) is 53.4 cm³/mol. The van der Waals surface area contributed by atoms with E-state index in [0.29, 0.717) is 6.04 Å². The first kappa shape index (κ1) is 11.9. The fourth-order valence-corrected chi connectivity index (χ4v) is 1.03. The van der Waals surface area contributed by atoms with E-state index in [4.69, 9.17) is 16.7 Å². The van der Waals surface area contributed by atoms with Crippen molar-refractivity contribution < 1.29 is 5.11 Å². The lowest BCUT2D eigenvalue weighted by molar-refractivity contribution is 0.264. The number of aliphatic hydroxyl groups is 1. The van der Waals surface area contributed by atoms with Crippen LogP contribution < -0.4 is 5.32 Å². The average Bonchev–Trinajstić information content (AvgIpc) is 2.11. The van der Waals surface area contributed by atoms with E-state index in [-0.39, 0.29) is 6.61 Å². The summed E-state index contributed by atoms with van der Waals surface area (Å²) < 4.78 is 0. The zero-order valence-electron chi connectivity index (χ0n) is 7.81. The second-order valence-electron chi connectivity index (χ2n) is 2.95. The molecule has 0 aliphatic heterocycles. The maximum atomic E-state index is 8.71. The highest BCUT2D eigenvalue weighted by Crippen LogP contribution is 1.99. The number of rotatable bonds is 6. The van der Waals surface area contributed by atoms with Crippen molar-refractivity contribution in [2.45, 2.75) is 32.7 Å². The highest BCUT2D eigenvalue weighted by Gasteiger charge is 2.03. The molecule has 0 aliphatic carbocycles. The fourth-order valence-electron chi connectivity index (χ4n) is 0.950. The smallest absolute Gasteiger partial charge is 0.0445 e. The summed E-state index contributed by atoms with van der Waals surface area (Å²) in [4.78, 5) is 0. The molecule has 0 saturated carbocycles.